The Bertz CT molecular complexity index is 660. The molecule has 0 aliphatic carbocycles. The van der Waals surface area contributed by atoms with E-state index in [0.717, 1.165) is 12.1 Å². The third-order valence-corrected chi connectivity index (χ3v) is 2.71. The van der Waals surface area contributed by atoms with Crippen molar-refractivity contribution in [2.75, 3.05) is 18.2 Å². The van der Waals surface area contributed by atoms with Crippen molar-refractivity contribution in [3.8, 4) is 5.75 Å². The molecule has 0 atom stereocenters. The van der Waals surface area contributed by atoms with E-state index in [2.05, 4.69) is 5.32 Å². The molecule has 6 heteroatoms. The number of anilines is 2. The normalized spacial score (nSPS) is 10.2. The fourth-order valence-electron chi connectivity index (χ4n) is 1.69. The van der Waals surface area contributed by atoms with Crippen molar-refractivity contribution in [3.63, 3.8) is 0 Å². The number of nitrogens with two attached hydrogens (primary N) is 1. The third kappa shape index (κ3) is 2.69. The van der Waals surface area contributed by atoms with Gasteiger partial charge in [-0.1, -0.05) is 6.07 Å². The van der Waals surface area contributed by atoms with E-state index in [1.165, 1.54) is 19.2 Å². The maximum atomic E-state index is 13.1. The monoisotopic (exact) mass is 278 g/mol. The van der Waals surface area contributed by atoms with Gasteiger partial charge in [-0.2, -0.15) is 0 Å². The molecule has 20 heavy (non-hydrogen) atoms. The number of hydrogen-bond acceptors (Lipinski definition) is 3. The molecule has 0 saturated carbocycles. The van der Waals surface area contributed by atoms with Crippen molar-refractivity contribution < 1.29 is 18.3 Å². The standard InChI is InChI=1S/C14H12F2N2O2/c1-20-12-4-2-3-9(13(12)17)14(19)18-8-5-6-10(15)11(16)7-8/h2-7H,17H2,1H3,(H,18,19). The van der Waals surface area contributed by atoms with Gasteiger partial charge in [0.25, 0.3) is 5.91 Å². The number of carbonyl (C=O) groups excluding carboxylic acids is 1. The fraction of sp³-hybridized carbons (Fsp3) is 0.0714. The predicted molar refractivity (Wildman–Crippen MR) is 71.7 cm³/mol. The van der Waals surface area contributed by atoms with Crippen LogP contribution in [0, 0.1) is 11.6 Å². The van der Waals surface area contributed by atoms with Gasteiger partial charge in [-0.3, -0.25) is 4.79 Å². The molecule has 0 unspecified atom stereocenters. The van der Waals surface area contributed by atoms with Gasteiger partial charge in [0.1, 0.15) is 5.75 Å². The third-order valence-electron chi connectivity index (χ3n) is 2.71. The molecular formula is C14H12F2N2O2. The van der Waals surface area contributed by atoms with Gasteiger partial charge in [0, 0.05) is 11.8 Å². The zero-order valence-corrected chi connectivity index (χ0v) is 10.6. The van der Waals surface area contributed by atoms with Crippen LogP contribution in [-0.4, -0.2) is 13.0 Å². The Morgan fingerprint density at radius 2 is 1.95 bits per heavy atom. The second kappa shape index (κ2) is 5.56. The molecule has 0 saturated heterocycles. The SMILES string of the molecule is COc1cccc(C(=O)Nc2ccc(F)c(F)c2)c1N. The lowest BCUT2D eigenvalue weighted by atomic mass is 10.1. The highest BCUT2D eigenvalue weighted by atomic mass is 19.2. The van der Waals surface area contributed by atoms with Crippen molar-refractivity contribution in [3.05, 3.63) is 53.6 Å². The summed E-state index contributed by atoms with van der Waals surface area (Å²) in [5.74, 6) is -2.19. The molecule has 104 valence electrons. The number of nitrogens with one attached hydrogen (secondary N) is 1. The summed E-state index contributed by atoms with van der Waals surface area (Å²) in [6, 6.07) is 7.81. The number of ether oxygens (including phenoxy) is 1. The van der Waals surface area contributed by atoms with Crippen LogP contribution in [0.25, 0.3) is 0 Å². The van der Waals surface area contributed by atoms with E-state index in [1.807, 2.05) is 0 Å². The summed E-state index contributed by atoms with van der Waals surface area (Å²) in [5.41, 5.74) is 6.28. The van der Waals surface area contributed by atoms with Gasteiger partial charge in [-0.25, -0.2) is 8.78 Å². The van der Waals surface area contributed by atoms with E-state index in [9.17, 15) is 13.6 Å². The summed E-state index contributed by atoms with van der Waals surface area (Å²) in [6.07, 6.45) is 0. The second-order valence-corrected chi connectivity index (χ2v) is 4.00. The Labute approximate surface area is 114 Å². The number of halogens is 2. The molecule has 1 amide bonds. The number of methoxy groups -OCH3 is 1. The van der Waals surface area contributed by atoms with Gasteiger partial charge < -0.3 is 15.8 Å². The van der Waals surface area contributed by atoms with E-state index in [-0.39, 0.29) is 16.9 Å². The average molecular weight is 278 g/mol. The van der Waals surface area contributed by atoms with Gasteiger partial charge in [-0.15, -0.1) is 0 Å². The van der Waals surface area contributed by atoms with E-state index < -0.39 is 17.5 Å². The van der Waals surface area contributed by atoms with Crippen molar-refractivity contribution in [2.24, 2.45) is 0 Å². The smallest absolute Gasteiger partial charge is 0.257 e. The molecule has 0 aliphatic heterocycles. The first kappa shape index (κ1) is 13.8. The number of benzene rings is 2. The minimum absolute atomic E-state index is 0.135. The van der Waals surface area contributed by atoms with Crippen LogP contribution >= 0.6 is 0 Å². The lowest BCUT2D eigenvalue weighted by Gasteiger charge is -2.10. The molecule has 0 spiro atoms. The summed E-state index contributed by atoms with van der Waals surface area (Å²) in [4.78, 5) is 12.0. The minimum atomic E-state index is -1.04. The minimum Gasteiger partial charge on any atom is -0.495 e. The second-order valence-electron chi connectivity index (χ2n) is 4.00. The van der Waals surface area contributed by atoms with Crippen molar-refractivity contribution in [2.45, 2.75) is 0 Å². The van der Waals surface area contributed by atoms with Crippen LogP contribution in [0.3, 0.4) is 0 Å². The Morgan fingerprint density at radius 3 is 2.60 bits per heavy atom. The van der Waals surface area contributed by atoms with E-state index in [1.54, 1.807) is 12.1 Å². The molecule has 0 radical (unpaired) electrons. The van der Waals surface area contributed by atoms with E-state index >= 15 is 0 Å². The molecule has 2 rings (SSSR count). The summed E-state index contributed by atoms with van der Waals surface area (Å²) in [5, 5.41) is 2.44. The summed E-state index contributed by atoms with van der Waals surface area (Å²) < 4.78 is 30.9. The molecule has 2 aromatic carbocycles. The molecule has 3 N–H and O–H groups in total. The highest BCUT2D eigenvalue weighted by molar-refractivity contribution is 6.08. The molecule has 4 nitrogen and oxygen atoms in total. The first-order chi connectivity index (χ1) is 9.52. The zero-order valence-electron chi connectivity index (χ0n) is 10.6. The summed E-state index contributed by atoms with van der Waals surface area (Å²) in [7, 11) is 1.43. The first-order valence-corrected chi connectivity index (χ1v) is 5.72. The van der Waals surface area contributed by atoms with Crippen molar-refractivity contribution >= 4 is 17.3 Å². The zero-order chi connectivity index (χ0) is 14.7. The maximum absolute atomic E-state index is 13.1. The van der Waals surface area contributed by atoms with Gasteiger partial charge in [0.2, 0.25) is 0 Å². The topological polar surface area (TPSA) is 64.3 Å². The van der Waals surface area contributed by atoms with Crippen LogP contribution < -0.4 is 15.8 Å². The molecule has 0 aromatic heterocycles. The molecule has 2 aromatic rings. The van der Waals surface area contributed by atoms with Gasteiger partial charge in [-0.05, 0) is 24.3 Å². The maximum Gasteiger partial charge on any atom is 0.257 e. The van der Waals surface area contributed by atoms with Crippen LogP contribution in [0.2, 0.25) is 0 Å². The first-order valence-electron chi connectivity index (χ1n) is 5.72. The van der Waals surface area contributed by atoms with Crippen LogP contribution in [0.1, 0.15) is 10.4 Å². The highest BCUT2D eigenvalue weighted by Gasteiger charge is 2.14. The van der Waals surface area contributed by atoms with E-state index in [4.69, 9.17) is 10.5 Å². The lowest BCUT2D eigenvalue weighted by molar-refractivity contribution is 0.102. The largest absolute Gasteiger partial charge is 0.495 e. The highest BCUT2D eigenvalue weighted by Crippen LogP contribution is 2.25. The molecule has 0 bridgehead atoms. The Kier molecular flexibility index (Phi) is 3.84. The molecule has 0 heterocycles. The fourth-order valence-corrected chi connectivity index (χ4v) is 1.69. The molecule has 0 fully saturated rings. The molecule has 0 aliphatic rings. The number of nitrogen functional groups attached to an aromatic ring is 1. The van der Waals surface area contributed by atoms with Gasteiger partial charge in [0.15, 0.2) is 11.6 Å². The predicted octanol–water partition coefficient (Wildman–Crippen LogP) is 2.81. The number of carbonyl (C=O) groups is 1. The van der Waals surface area contributed by atoms with Gasteiger partial charge >= 0.3 is 0 Å². The van der Waals surface area contributed by atoms with Crippen molar-refractivity contribution in [1.82, 2.24) is 0 Å². The summed E-state index contributed by atoms with van der Waals surface area (Å²) in [6.45, 7) is 0. The average Bonchev–Trinajstić information content (AvgIpc) is 2.43. The number of hydrogen-bond donors (Lipinski definition) is 2. The number of para-hydroxylation sites is 1. The van der Waals surface area contributed by atoms with Gasteiger partial charge in [0.05, 0.1) is 18.4 Å². The lowest BCUT2D eigenvalue weighted by Crippen LogP contribution is -2.14. The number of amides is 1. The van der Waals surface area contributed by atoms with Crippen LogP contribution in [-0.2, 0) is 0 Å². The number of rotatable bonds is 3. The quantitative estimate of drug-likeness (QED) is 0.848. The van der Waals surface area contributed by atoms with Crippen LogP contribution in [0.5, 0.6) is 5.75 Å². The Morgan fingerprint density at radius 1 is 1.20 bits per heavy atom. The Hall–Kier alpha value is -2.63. The summed E-state index contributed by atoms with van der Waals surface area (Å²) >= 11 is 0. The van der Waals surface area contributed by atoms with E-state index in [0.29, 0.717) is 5.75 Å². The Balaban J connectivity index is 2.26. The van der Waals surface area contributed by atoms with Crippen LogP contribution in [0.4, 0.5) is 20.2 Å². The molecular weight excluding hydrogens is 266 g/mol. The van der Waals surface area contributed by atoms with Crippen molar-refractivity contribution in [1.29, 1.82) is 0 Å². The van der Waals surface area contributed by atoms with Crippen LogP contribution in [0.15, 0.2) is 36.4 Å².